The van der Waals surface area contributed by atoms with Crippen LogP contribution in [0, 0.1) is 17.3 Å². The SMILES string of the molecule is C=C(C)CC(C)(C)[C@H]1CC[C@@H](C)CC1=O. The van der Waals surface area contributed by atoms with Crippen LogP contribution in [-0.2, 0) is 4.79 Å². The van der Waals surface area contributed by atoms with E-state index in [-0.39, 0.29) is 11.3 Å². The molecule has 2 atom stereocenters. The maximum absolute atomic E-state index is 12.0. The summed E-state index contributed by atoms with van der Waals surface area (Å²) in [7, 11) is 0. The van der Waals surface area contributed by atoms with Gasteiger partial charge in [0, 0.05) is 12.3 Å². The lowest BCUT2D eigenvalue weighted by atomic mass is 9.66. The third-order valence-electron chi connectivity index (χ3n) is 3.59. The summed E-state index contributed by atoms with van der Waals surface area (Å²) in [4.78, 5) is 12.0. The predicted octanol–water partition coefficient (Wildman–Crippen LogP) is 3.98. The molecule has 0 radical (unpaired) electrons. The van der Waals surface area contributed by atoms with Crippen LogP contribution in [0.25, 0.3) is 0 Å². The molecule has 0 bridgehead atoms. The minimum atomic E-state index is 0.100. The Morgan fingerprint density at radius 3 is 2.53 bits per heavy atom. The molecule has 1 rings (SSSR count). The zero-order valence-corrected chi connectivity index (χ0v) is 10.6. The molecule has 15 heavy (non-hydrogen) atoms. The molecule has 0 aromatic carbocycles. The third-order valence-corrected chi connectivity index (χ3v) is 3.59. The summed E-state index contributed by atoms with van der Waals surface area (Å²) in [6.45, 7) is 12.6. The molecule has 0 saturated heterocycles. The van der Waals surface area contributed by atoms with Gasteiger partial charge in [-0.1, -0.05) is 26.3 Å². The second kappa shape index (κ2) is 4.51. The minimum absolute atomic E-state index is 0.100. The average Bonchev–Trinajstić information content (AvgIpc) is 1.99. The van der Waals surface area contributed by atoms with E-state index in [1.165, 1.54) is 12.0 Å². The number of Topliss-reactive ketones (excluding diaryl/α,β-unsaturated/α-hetero) is 1. The fourth-order valence-electron chi connectivity index (χ4n) is 2.93. The van der Waals surface area contributed by atoms with Crippen molar-refractivity contribution in [1.29, 1.82) is 0 Å². The quantitative estimate of drug-likeness (QED) is 0.641. The number of rotatable bonds is 3. The molecule has 1 heteroatoms. The van der Waals surface area contributed by atoms with E-state index in [1.807, 2.05) is 0 Å². The third kappa shape index (κ3) is 3.19. The molecule has 0 amide bonds. The molecule has 86 valence electrons. The highest BCUT2D eigenvalue weighted by Crippen LogP contribution is 2.41. The molecule has 1 fully saturated rings. The van der Waals surface area contributed by atoms with Crippen LogP contribution >= 0.6 is 0 Å². The topological polar surface area (TPSA) is 17.1 Å². The van der Waals surface area contributed by atoms with E-state index in [0.29, 0.717) is 11.7 Å². The van der Waals surface area contributed by atoms with Crippen molar-refractivity contribution < 1.29 is 4.79 Å². The summed E-state index contributed by atoms with van der Waals surface area (Å²) < 4.78 is 0. The van der Waals surface area contributed by atoms with Crippen LogP contribution < -0.4 is 0 Å². The number of carbonyl (C=O) groups excluding carboxylic acids is 1. The van der Waals surface area contributed by atoms with Crippen molar-refractivity contribution in [1.82, 2.24) is 0 Å². The molecule has 0 unspecified atom stereocenters. The maximum atomic E-state index is 12.0. The van der Waals surface area contributed by atoms with Gasteiger partial charge < -0.3 is 0 Å². The summed E-state index contributed by atoms with van der Waals surface area (Å²) in [5.41, 5.74) is 1.29. The van der Waals surface area contributed by atoms with E-state index in [9.17, 15) is 4.79 Å². The summed E-state index contributed by atoms with van der Waals surface area (Å²) in [5.74, 6) is 1.32. The van der Waals surface area contributed by atoms with Gasteiger partial charge in [-0.15, -0.1) is 6.58 Å². The van der Waals surface area contributed by atoms with Gasteiger partial charge in [-0.2, -0.15) is 0 Å². The van der Waals surface area contributed by atoms with Crippen LogP contribution in [0.4, 0.5) is 0 Å². The van der Waals surface area contributed by atoms with Crippen LogP contribution in [0.15, 0.2) is 12.2 Å². The molecule has 0 heterocycles. The average molecular weight is 208 g/mol. The van der Waals surface area contributed by atoms with Crippen molar-refractivity contribution in [3.63, 3.8) is 0 Å². The summed E-state index contributed by atoms with van der Waals surface area (Å²) >= 11 is 0. The molecule has 0 aromatic heterocycles. The van der Waals surface area contributed by atoms with E-state index in [2.05, 4.69) is 34.3 Å². The first-order chi connectivity index (χ1) is 6.83. The first-order valence-electron chi connectivity index (χ1n) is 6.00. The number of hydrogen-bond acceptors (Lipinski definition) is 1. The highest BCUT2D eigenvalue weighted by Gasteiger charge is 2.37. The normalized spacial score (nSPS) is 27.9. The molecule has 0 N–H and O–H groups in total. The van der Waals surface area contributed by atoms with Crippen LogP contribution in [0.5, 0.6) is 0 Å². The Labute approximate surface area is 93.9 Å². The molecule has 1 aliphatic rings. The van der Waals surface area contributed by atoms with Gasteiger partial charge in [0.05, 0.1) is 0 Å². The first-order valence-corrected chi connectivity index (χ1v) is 6.00. The Morgan fingerprint density at radius 1 is 1.47 bits per heavy atom. The Kier molecular flexibility index (Phi) is 3.75. The van der Waals surface area contributed by atoms with Gasteiger partial charge in [0.2, 0.25) is 0 Å². The first kappa shape index (κ1) is 12.5. The summed E-state index contributed by atoms with van der Waals surface area (Å²) in [5, 5.41) is 0. The number of ketones is 1. The van der Waals surface area contributed by atoms with E-state index < -0.39 is 0 Å². The zero-order valence-electron chi connectivity index (χ0n) is 10.6. The zero-order chi connectivity index (χ0) is 11.6. The largest absolute Gasteiger partial charge is 0.299 e. The molecular weight excluding hydrogens is 184 g/mol. The second-order valence-electron chi connectivity index (χ2n) is 6.03. The van der Waals surface area contributed by atoms with Gasteiger partial charge >= 0.3 is 0 Å². The van der Waals surface area contributed by atoms with Gasteiger partial charge in [0.15, 0.2) is 0 Å². The van der Waals surface area contributed by atoms with Crippen molar-refractivity contribution in [3.8, 4) is 0 Å². The molecule has 0 aliphatic heterocycles. The van der Waals surface area contributed by atoms with Crippen LogP contribution in [0.2, 0.25) is 0 Å². The van der Waals surface area contributed by atoms with Crippen LogP contribution in [-0.4, -0.2) is 5.78 Å². The number of hydrogen-bond donors (Lipinski definition) is 0. The molecule has 0 spiro atoms. The highest BCUT2D eigenvalue weighted by molar-refractivity contribution is 5.82. The van der Waals surface area contributed by atoms with Crippen molar-refractivity contribution in [3.05, 3.63) is 12.2 Å². The van der Waals surface area contributed by atoms with Crippen molar-refractivity contribution in [2.24, 2.45) is 17.3 Å². The molecular formula is C14H24O. The van der Waals surface area contributed by atoms with Crippen molar-refractivity contribution >= 4 is 5.78 Å². The minimum Gasteiger partial charge on any atom is -0.299 e. The Morgan fingerprint density at radius 2 is 2.07 bits per heavy atom. The lowest BCUT2D eigenvalue weighted by molar-refractivity contribution is -0.129. The lowest BCUT2D eigenvalue weighted by Crippen LogP contribution is -2.35. The number of carbonyl (C=O) groups is 1. The fourth-order valence-corrected chi connectivity index (χ4v) is 2.93. The van der Waals surface area contributed by atoms with Gasteiger partial charge in [0.25, 0.3) is 0 Å². The molecule has 1 aliphatic carbocycles. The maximum Gasteiger partial charge on any atom is 0.136 e. The summed E-state index contributed by atoms with van der Waals surface area (Å²) in [6, 6.07) is 0. The highest BCUT2D eigenvalue weighted by atomic mass is 16.1. The Balaban J connectivity index is 2.70. The molecule has 1 nitrogen and oxygen atoms in total. The van der Waals surface area contributed by atoms with Gasteiger partial charge in [-0.3, -0.25) is 4.79 Å². The van der Waals surface area contributed by atoms with Gasteiger partial charge in [-0.05, 0) is 37.5 Å². The molecule has 1 saturated carbocycles. The number of allylic oxidation sites excluding steroid dienone is 1. The van der Waals surface area contributed by atoms with E-state index in [1.54, 1.807) is 0 Å². The molecule has 0 aromatic rings. The van der Waals surface area contributed by atoms with E-state index >= 15 is 0 Å². The summed E-state index contributed by atoms with van der Waals surface area (Å²) in [6.07, 6.45) is 4.03. The van der Waals surface area contributed by atoms with Gasteiger partial charge in [-0.25, -0.2) is 0 Å². The Bertz CT molecular complexity index is 263. The Hall–Kier alpha value is -0.590. The lowest BCUT2D eigenvalue weighted by Gasteiger charge is -2.37. The standard InChI is InChI=1S/C14H24O/c1-10(2)9-14(4,5)12-7-6-11(3)8-13(12)15/h11-12H,1,6-9H2,2-5H3/t11-,12+/m1/s1. The van der Waals surface area contributed by atoms with Crippen LogP contribution in [0.3, 0.4) is 0 Å². The fraction of sp³-hybridized carbons (Fsp3) is 0.786. The van der Waals surface area contributed by atoms with Crippen molar-refractivity contribution in [2.75, 3.05) is 0 Å². The van der Waals surface area contributed by atoms with E-state index in [4.69, 9.17) is 0 Å². The second-order valence-corrected chi connectivity index (χ2v) is 6.03. The predicted molar refractivity (Wildman–Crippen MR) is 64.7 cm³/mol. The van der Waals surface area contributed by atoms with Crippen LogP contribution in [0.1, 0.15) is 53.4 Å². The monoisotopic (exact) mass is 208 g/mol. The van der Waals surface area contributed by atoms with E-state index in [0.717, 1.165) is 19.3 Å². The van der Waals surface area contributed by atoms with Gasteiger partial charge in [0.1, 0.15) is 5.78 Å². The van der Waals surface area contributed by atoms with Crippen molar-refractivity contribution in [2.45, 2.75) is 53.4 Å². The smallest absolute Gasteiger partial charge is 0.136 e.